The fourth-order valence-corrected chi connectivity index (χ4v) is 3.05. The molecule has 1 atom stereocenters. The summed E-state index contributed by atoms with van der Waals surface area (Å²) in [5, 5.41) is 6.25. The normalized spacial score (nSPS) is 11.4. The molecule has 0 saturated carbocycles. The van der Waals surface area contributed by atoms with Gasteiger partial charge in [-0.15, -0.1) is 0 Å². The van der Waals surface area contributed by atoms with E-state index >= 15 is 0 Å². The number of carbonyl (C=O) groups excluding carboxylic acids is 1. The van der Waals surface area contributed by atoms with E-state index in [9.17, 15) is 4.79 Å². The Balaban J connectivity index is 1.72. The third kappa shape index (κ3) is 5.08. The minimum absolute atomic E-state index is 0.124. The first-order valence-electron chi connectivity index (χ1n) is 9.65. The Morgan fingerprint density at radius 3 is 2.41 bits per heavy atom. The quantitative estimate of drug-likeness (QED) is 0.555. The van der Waals surface area contributed by atoms with Gasteiger partial charge in [0, 0.05) is 23.0 Å². The summed E-state index contributed by atoms with van der Waals surface area (Å²) in [6, 6.07) is 22.9. The number of ether oxygens (including phenoxy) is 2. The van der Waals surface area contributed by atoms with Gasteiger partial charge in [-0.2, -0.15) is 0 Å². The van der Waals surface area contributed by atoms with Gasteiger partial charge in [0.25, 0.3) is 0 Å². The molecule has 0 radical (unpaired) electrons. The maximum atomic E-state index is 12.8. The molecule has 0 fully saturated rings. The van der Waals surface area contributed by atoms with Crippen LogP contribution in [0.2, 0.25) is 0 Å². The zero-order valence-electron chi connectivity index (χ0n) is 16.9. The van der Waals surface area contributed by atoms with E-state index in [0.717, 1.165) is 22.5 Å². The molecule has 0 aromatic heterocycles. The zero-order chi connectivity index (χ0) is 20.6. The topological polar surface area (TPSA) is 59.6 Å². The van der Waals surface area contributed by atoms with Crippen LogP contribution >= 0.6 is 0 Å². The maximum absolute atomic E-state index is 12.8. The predicted molar refractivity (Wildman–Crippen MR) is 118 cm³/mol. The minimum Gasteiger partial charge on any atom is -0.493 e. The number of methoxy groups -OCH3 is 1. The van der Waals surface area contributed by atoms with Crippen LogP contribution in [-0.2, 0) is 4.79 Å². The van der Waals surface area contributed by atoms with Crippen molar-refractivity contribution in [3.05, 3.63) is 72.8 Å². The molecule has 3 aromatic carbocycles. The summed E-state index contributed by atoms with van der Waals surface area (Å²) in [6.45, 7) is 4.30. The molecule has 5 nitrogen and oxygen atoms in total. The van der Waals surface area contributed by atoms with Crippen LogP contribution in [0.25, 0.3) is 11.1 Å². The number of amides is 1. The van der Waals surface area contributed by atoms with Crippen molar-refractivity contribution >= 4 is 17.3 Å². The standard InChI is InChI=1S/C24H26N2O3/c1-4-29-22-15-14-19(16-23(22)28-3)25-17(2)24(27)26-21-13-9-8-12-20(21)18-10-6-5-7-11-18/h5-17,25H,4H2,1-3H3,(H,26,27)/t17-/m1/s1. The fourth-order valence-electron chi connectivity index (χ4n) is 3.05. The molecule has 5 heteroatoms. The van der Waals surface area contributed by atoms with Crippen LogP contribution in [0.4, 0.5) is 11.4 Å². The lowest BCUT2D eigenvalue weighted by molar-refractivity contribution is -0.116. The molecule has 3 rings (SSSR count). The van der Waals surface area contributed by atoms with E-state index in [1.54, 1.807) is 7.11 Å². The van der Waals surface area contributed by atoms with E-state index < -0.39 is 6.04 Å². The van der Waals surface area contributed by atoms with E-state index in [1.165, 1.54) is 0 Å². The molecule has 0 spiro atoms. The van der Waals surface area contributed by atoms with Gasteiger partial charge in [0.05, 0.1) is 13.7 Å². The Kier molecular flexibility index (Phi) is 6.74. The number of benzene rings is 3. The Morgan fingerprint density at radius 1 is 0.966 bits per heavy atom. The first kappa shape index (κ1) is 20.3. The lowest BCUT2D eigenvalue weighted by atomic mass is 10.0. The smallest absolute Gasteiger partial charge is 0.246 e. The van der Waals surface area contributed by atoms with Gasteiger partial charge in [-0.25, -0.2) is 0 Å². The van der Waals surface area contributed by atoms with Gasteiger partial charge in [0.2, 0.25) is 5.91 Å². The van der Waals surface area contributed by atoms with E-state index in [2.05, 4.69) is 10.6 Å². The first-order chi connectivity index (χ1) is 14.1. The molecular weight excluding hydrogens is 364 g/mol. The molecule has 0 heterocycles. The summed E-state index contributed by atoms with van der Waals surface area (Å²) < 4.78 is 10.9. The predicted octanol–water partition coefficient (Wildman–Crippen LogP) is 5.20. The number of rotatable bonds is 8. The van der Waals surface area contributed by atoms with Crippen LogP contribution in [0.1, 0.15) is 13.8 Å². The Morgan fingerprint density at radius 2 is 1.69 bits per heavy atom. The highest BCUT2D eigenvalue weighted by molar-refractivity contribution is 5.99. The summed E-state index contributed by atoms with van der Waals surface area (Å²) in [7, 11) is 1.60. The van der Waals surface area contributed by atoms with Gasteiger partial charge in [-0.3, -0.25) is 4.79 Å². The third-order valence-corrected chi connectivity index (χ3v) is 4.51. The van der Waals surface area contributed by atoms with E-state index in [0.29, 0.717) is 18.1 Å². The molecule has 150 valence electrons. The van der Waals surface area contributed by atoms with Crippen molar-refractivity contribution < 1.29 is 14.3 Å². The van der Waals surface area contributed by atoms with Crippen molar-refractivity contribution in [3.8, 4) is 22.6 Å². The molecule has 3 aromatic rings. The summed E-state index contributed by atoms with van der Waals surface area (Å²) in [5.41, 5.74) is 3.60. The lowest BCUT2D eigenvalue weighted by Crippen LogP contribution is -2.32. The Hall–Kier alpha value is -3.47. The molecule has 0 aliphatic carbocycles. The second-order valence-electron chi connectivity index (χ2n) is 6.57. The van der Waals surface area contributed by atoms with Crippen LogP contribution in [0.3, 0.4) is 0 Å². The summed E-state index contributed by atoms with van der Waals surface area (Å²) in [5.74, 6) is 1.18. The average Bonchev–Trinajstić information content (AvgIpc) is 2.76. The maximum Gasteiger partial charge on any atom is 0.246 e. The first-order valence-corrected chi connectivity index (χ1v) is 9.65. The molecule has 0 bridgehead atoms. The second-order valence-corrected chi connectivity index (χ2v) is 6.57. The molecule has 0 aliphatic heterocycles. The van der Waals surface area contributed by atoms with Crippen molar-refractivity contribution in [2.45, 2.75) is 19.9 Å². The number of hydrogen-bond donors (Lipinski definition) is 2. The SMILES string of the molecule is CCOc1ccc(N[C@H](C)C(=O)Nc2ccccc2-c2ccccc2)cc1OC. The summed E-state index contributed by atoms with van der Waals surface area (Å²) in [6.07, 6.45) is 0. The fraction of sp³-hybridized carbons (Fsp3) is 0.208. The largest absolute Gasteiger partial charge is 0.493 e. The second kappa shape index (κ2) is 9.64. The summed E-state index contributed by atoms with van der Waals surface area (Å²) >= 11 is 0. The Labute approximate surface area is 171 Å². The Bertz CT molecular complexity index is 957. The van der Waals surface area contributed by atoms with E-state index in [4.69, 9.17) is 9.47 Å². The third-order valence-electron chi connectivity index (χ3n) is 4.51. The van der Waals surface area contributed by atoms with Crippen molar-refractivity contribution in [3.63, 3.8) is 0 Å². The van der Waals surface area contributed by atoms with Crippen LogP contribution in [0.5, 0.6) is 11.5 Å². The average molecular weight is 390 g/mol. The monoisotopic (exact) mass is 390 g/mol. The number of hydrogen-bond acceptors (Lipinski definition) is 4. The van der Waals surface area contributed by atoms with Crippen molar-refractivity contribution in [2.24, 2.45) is 0 Å². The van der Waals surface area contributed by atoms with Crippen LogP contribution in [-0.4, -0.2) is 25.7 Å². The molecule has 0 aliphatic rings. The molecule has 2 N–H and O–H groups in total. The van der Waals surface area contributed by atoms with Gasteiger partial charge in [-0.1, -0.05) is 48.5 Å². The minimum atomic E-state index is -0.443. The molecule has 0 unspecified atom stereocenters. The van der Waals surface area contributed by atoms with E-state index in [-0.39, 0.29) is 5.91 Å². The van der Waals surface area contributed by atoms with Crippen molar-refractivity contribution in [1.82, 2.24) is 0 Å². The lowest BCUT2D eigenvalue weighted by Gasteiger charge is -2.18. The highest BCUT2D eigenvalue weighted by Gasteiger charge is 2.16. The van der Waals surface area contributed by atoms with Crippen molar-refractivity contribution in [1.29, 1.82) is 0 Å². The van der Waals surface area contributed by atoms with Gasteiger partial charge >= 0.3 is 0 Å². The van der Waals surface area contributed by atoms with Gasteiger partial charge in [0.1, 0.15) is 6.04 Å². The summed E-state index contributed by atoms with van der Waals surface area (Å²) in [4.78, 5) is 12.8. The molecule has 0 saturated heterocycles. The number of carbonyl (C=O) groups is 1. The van der Waals surface area contributed by atoms with Crippen LogP contribution < -0.4 is 20.1 Å². The molecule has 1 amide bonds. The highest BCUT2D eigenvalue weighted by Crippen LogP contribution is 2.31. The van der Waals surface area contributed by atoms with E-state index in [1.807, 2.05) is 86.6 Å². The number of para-hydroxylation sites is 1. The highest BCUT2D eigenvalue weighted by atomic mass is 16.5. The van der Waals surface area contributed by atoms with Crippen LogP contribution in [0.15, 0.2) is 72.8 Å². The number of nitrogens with one attached hydrogen (secondary N) is 2. The van der Waals surface area contributed by atoms with Gasteiger partial charge in [-0.05, 0) is 37.6 Å². The van der Waals surface area contributed by atoms with Gasteiger partial charge < -0.3 is 20.1 Å². The zero-order valence-corrected chi connectivity index (χ0v) is 16.9. The molecule has 29 heavy (non-hydrogen) atoms. The number of anilines is 2. The van der Waals surface area contributed by atoms with Crippen molar-refractivity contribution in [2.75, 3.05) is 24.4 Å². The van der Waals surface area contributed by atoms with Gasteiger partial charge in [0.15, 0.2) is 11.5 Å². The molecular formula is C24H26N2O3. The van der Waals surface area contributed by atoms with Crippen LogP contribution in [0, 0.1) is 0 Å².